The molecule has 2 aromatic carbocycles. The van der Waals surface area contributed by atoms with E-state index < -0.39 is 23.5 Å². The zero-order valence-electron chi connectivity index (χ0n) is 11.0. The highest BCUT2D eigenvalue weighted by molar-refractivity contribution is 9.10. The number of benzene rings is 2. The van der Waals surface area contributed by atoms with E-state index in [0.29, 0.717) is 15.6 Å². The SMILES string of the molecule is CNC(c1cc(Br)ccc1F)c1cc(C)c(F)cc1F. The molecule has 0 radical (unpaired) electrons. The summed E-state index contributed by atoms with van der Waals surface area (Å²) in [6, 6.07) is 5.98. The maximum Gasteiger partial charge on any atom is 0.131 e. The van der Waals surface area contributed by atoms with Crippen molar-refractivity contribution in [1.82, 2.24) is 5.32 Å². The summed E-state index contributed by atoms with van der Waals surface area (Å²) in [7, 11) is 1.60. The van der Waals surface area contributed by atoms with E-state index in [1.54, 1.807) is 26.1 Å². The van der Waals surface area contributed by atoms with Gasteiger partial charge in [-0.3, -0.25) is 0 Å². The van der Waals surface area contributed by atoms with Gasteiger partial charge in [0, 0.05) is 21.7 Å². The van der Waals surface area contributed by atoms with E-state index in [4.69, 9.17) is 0 Å². The molecular formula is C15H13BrF3N. The van der Waals surface area contributed by atoms with E-state index in [1.165, 1.54) is 12.1 Å². The first-order chi connectivity index (χ1) is 9.43. The highest BCUT2D eigenvalue weighted by Crippen LogP contribution is 2.29. The van der Waals surface area contributed by atoms with Gasteiger partial charge in [-0.25, -0.2) is 13.2 Å². The Kier molecular flexibility index (Phi) is 4.50. The van der Waals surface area contributed by atoms with Crippen molar-refractivity contribution in [3.05, 3.63) is 68.9 Å². The van der Waals surface area contributed by atoms with E-state index >= 15 is 0 Å². The second-order valence-electron chi connectivity index (χ2n) is 4.51. The maximum atomic E-state index is 14.0. The third-order valence-corrected chi connectivity index (χ3v) is 3.64. The van der Waals surface area contributed by atoms with Gasteiger partial charge in [0.05, 0.1) is 6.04 Å². The van der Waals surface area contributed by atoms with Gasteiger partial charge in [-0.2, -0.15) is 0 Å². The molecule has 0 aliphatic carbocycles. The van der Waals surface area contributed by atoms with Crippen molar-refractivity contribution in [3.8, 4) is 0 Å². The molecule has 0 amide bonds. The summed E-state index contributed by atoms with van der Waals surface area (Å²) in [5.41, 5.74) is 0.826. The topological polar surface area (TPSA) is 12.0 Å². The van der Waals surface area contributed by atoms with Crippen LogP contribution in [0.2, 0.25) is 0 Å². The molecule has 1 unspecified atom stereocenters. The largest absolute Gasteiger partial charge is 0.309 e. The lowest BCUT2D eigenvalue weighted by molar-refractivity contribution is 0.532. The standard InChI is InChI=1S/C15H13BrF3N/c1-8-5-10(14(19)7-13(8)18)15(20-2)11-6-9(16)3-4-12(11)17/h3-7,15,20H,1-2H3. The second-order valence-corrected chi connectivity index (χ2v) is 5.43. The van der Waals surface area contributed by atoms with E-state index in [9.17, 15) is 13.2 Å². The molecule has 106 valence electrons. The van der Waals surface area contributed by atoms with E-state index in [1.807, 2.05) is 0 Å². The average molecular weight is 344 g/mol. The van der Waals surface area contributed by atoms with Crippen LogP contribution in [-0.2, 0) is 0 Å². The number of nitrogens with one attached hydrogen (secondary N) is 1. The van der Waals surface area contributed by atoms with Crippen LogP contribution in [0.15, 0.2) is 34.8 Å². The fraction of sp³-hybridized carbons (Fsp3) is 0.200. The van der Waals surface area contributed by atoms with E-state index in [-0.39, 0.29) is 5.56 Å². The quantitative estimate of drug-likeness (QED) is 0.866. The second kappa shape index (κ2) is 5.97. The molecule has 0 spiro atoms. The van der Waals surface area contributed by atoms with Crippen molar-refractivity contribution in [2.75, 3.05) is 7.05 Å². The lowest BCUT2D eigenvalue weighted by Gasteiger charge is -2.19. The van der Waals surface area contributed by atoms with Crippen LogP contribution in [0, 0.1) is 24.4 Å². The van der Waals surface area contributed by atoms with Gasteiger partial charge in [-0.05, 0) is 43.8 Å². The van der Waals surface area contributed by atoms with E-state index in [0.717, 1.165) is 6.07 Å². The fourth-order valence-corrected chi connectivity index (χ4v) is 2.49. The number of aryl methyl sites for hydroxylation is 1. The van der Waals surface area contributed by atoms with Gasteiger partial charge < -0.3 is 5.32 Å². The van der Waals surface area contributed by atoms with Crippen molar-refractivity contribution in [3.63, 3.8) is 0 Å². The lowest BCUT2D eigenvalue weighted by atomic mass is 9.96. The Morgan fingerprint density at radius 2 is 1.60 bits per heavy atom. The van der Waals surface area contributed by atoms with Crippen molar-refractivity contribution in [1.29, 1.82) is 0 Å². The molecule has 5 heteroatoms. The summed E-state index contributed by atoms with van der Waals surface area (Å²) < 4.78 is 41.9. The first-order valence-electron chi connectivity index (χ1n) is 6.01. The van der Waals surface area contributed by atoms with Crippen LogP contribution >= 0.6 is 15.9 Å². The van der Waals surface area contributed by atoms with Crippen molar-refractivity contribution in [2.24, 2.45) is 0 Å². The van der Waals surface area contributed by atoms with Crippen LogP contribution in [-0.4, -0.2) is 7.05 Å². The summed E-state index contributed by atoms with van der Waals surface area (Å²) >= 11 is 3.26. The Labute approximate surface area is 123 Å². The molecule has 0 fully saturated rings. The van der Waals surface area contributed by atoms with Crippen LogP contribution in [0.1, 0.15) is 22.7 Å². The van der Waals surface area contributed by atoms with Gasteiger partial charge in [-0.1, -0.05) is 15.9 Å². The normalized spacial score (nSPS) is 12.5. The van der Waals surface area contributed by atoms with Gasteiger partial charge in [0.25, 0.3) is 0 Å². The van der Waals surface area contributed by atoms with Gasteiger partial charge in [0.1, 0.15) is 17.5 Å². The Hall–Kier alpha value is -1.33. The van der Waals surface area contributed by atoms with Gasteiger partial charge in [0.15, 0.2) is 0 Å². The Morgan fingerprint density at radius 3 is 2.25 bits per heavy atom. The molecule has 0 aromatic heterocycles. The number of hydrogen-bond acceptors (Lipinski definition) is 1. The fourth-order valence-electron chi connectivity index (χ4n) is 2.12. The molecule has 0 aliphatic heterocycles. The predicted molar refractivity (Wildman–Crippen MR) is 76.1 cm³/mol. The molecule has 0 saturated heterocycles. The third kappa shape index (κ3) is 2.88. The minimum atomic E-state index is -0.702. The molecule has 1 N–H and O–H groups in total. The minimum absolute atomic E-state index is 0.211. The summed E-state index contributed by atoms with van der Waals surface area (Å²) in [5.74, 6) is -1.77. The average Bonchev–Trinajstić information content (AvgIpc) is 2.40. The van der Waals surface area contributed by atoms with Crippen LogP contribution in [0.3, 0.4) is 0 Å². The molecule has 1 atom stereocenters. The summed E-state index contributed by atoms with van der Waals surface area (Å²) in [6.07, 6.45) is 0. The van der Waals surface area contributed by atoms with Gasteiger partial charge >= 0.3 is 0 Å². The minimum Gasteiger partial charge on any atom is -0.309 e. The molecule has 2 rings (SSSR count). The summed E-state index contributed by atoms with van der Waals surface area (Å²) in [6.45, 7) is 1.54. The first-order valence-corrected chi connectivity index (χ1v) is 6.81. The molecular weight excluding hydrogens is 331 g/mol. The van der Waals surface area contributed by atoms with Crippen molar-refractivity contribution in [2.45, 2.75) is 13.0 Å². The van der Waals surface area contributed by atoms with Crippen LogP contribution in [0.5, 0.6) is 0 Å². The smallest absolute Gasteiger partial charge is 0.131 e. The predicted octanol–water partition coefficient (Wildman–Crippen LogP) is 4.48. The highest BCUT2D eigenvalue weighted by atomic mass is 79.9. The maximum absolute atomic E-state index is 14.0. The molecule has 0 aliphatic rings. The van der Waals surface area contributed by atoms with Crippen molar-refractivity contribution < 1.29 is 13.2 Å². The number of rotatable bonds is 3. The highest BCUT2D eigenvalue weighted by Gasteiger charge is 2.21. The molecule has 20 heavy (non-hydrogen) atoms. The lowest BCUT2D eigenvalue weighted by Crippen LogP contribution is -2.20. The molecule has 0 saturated carbocycles. The Balaban J connectivity index is 2.58. The zero-order valence-corrected chi connectivity index (χ0v) is 12.6. The molecule has 1 nitrogen and oxygen atoms in total. The van der Waals surface area contributed by atoms with E-state index in [2.05, 4.69) is 21.2 Å². The number of halogens is 4. The summed E-state index contributed by atoms with van der Waals surface area (Å²) in [5, 5.41) is 2.87. The zero-order chi connectivity index (χ0) is 14.9. The van der Waals surface area contributed by atoms with Crippen molar-refractivity contribution >= 4 is 15.9 Å². The Morgan fingerprint density at radius 1 is 0.950 bits per heavy atom. The molecule has 0 bridgehead atoms. The molecule has 0 heterocycles. The third-order valence-electron chi connectivity index (χ3n) is 3.15. The van der Waals surface area contributed by atoms with Gasteiger partial charge in [0.2, 0.25) is 0 Å². The first kappa shape index (κ1) is 15.1. The van der Waals surface area contributed by atoms with Gasteiger partial charge in [-0.15, -0.1) is 0 Å². The number of hydrogen-bond donors (Lipinski definition) is 1. The molecule has 2 aromatic rings. The summed E-state index contributed by atoms with van der Waals surface area (Å²) in [4.78, 5) is 0. The van der Waals surface area contributed by atoms with Crippen LogP contribution in [0.25, 0.3) is 0 Å². The van der Waals surface area contributed by atoms with Crippen LogP contribution < -0.4 is 5.32 Å². The Bertz CT molecular complexity index is 643. The monoisotopic (exact) mass is 343 g/mol. The van der Waals surface area contributed by atoms with Crippen LogP contribution in [0.4, 0.5) is 13.2 Å².